The molecule has 6 heteroatoms. The van der Waals surface area contributed by atoms with Crippen molar-refractivity contribution in [3.05, 3.63) is 51.6 Å². The van der Waals surface area contributed by atoms with E-state index in [4.69, 9.17) is 4.98 Å². The SMILES string of the molecule is CN=C(NCCc1c[nH]c2cccc(C)c12)NCc1nc(C(C)(C)C)cs1. The third kappa shape index (κ3) is 4.69. The predicted octanol–water partition coefficient (Wildman–Crippen LogP) is 4.14. The summed E-state index contributed by atoms with van der Waals surface area (Å²) in [5.41, 5.74) is 5.07. The van der Waals surface area contributed by atoms with E-state index in [0.29, 0.717) is 6.54 Å². The second-order valence-electron chi connectivity index (χ2n) is 7.79. The highest BCUT2D eigenvalue weighted by Gasteiger charge is 2.17. The molecule has 27 heavy (non-hydrogen) atoms. The highest BCUT2D eigenvalue weighted by Crippen LogP contribution is 2.24. The number of rotatable bonds is 5. The molecule has 0 atom stereocenters. The van der Waals surface area contributed by atoms with Crippen molar-refractivity contribution in [3.8, 4) is 0 Å². The van der Waals surface area contributed by atoms with Crippen molar-refractivity contribution >= 4 is 28.2 Å². The third-order valence-electron chi connectivity index (χ3n) is 4.63. The van der Waals surface area contributed by atoms with E-state index in [1.165, 1.54) is 22.0 Å². The lowest BCUT2D eigenvalue weighted by molar-refractivity contribution is 0.570. The van der Waals surface area contributed by atoms with Crippen molar-refractivity contribution in [3.63, 3.8) is 0 Å². The number of guanidine groups is 1. The molecule has 0 bridgehead atoms. The molecule has 0 saturated heterocycles. The van der Waals surface area contributed by atoms with Crippen molar-refractivity contribution < 1.29 is 0 Å². The van der Waals surface area contributed by atoms with Crippen LogP contribution in [0, 0.1) is 6.92 Å². The molecule has 0 aliphatic heterocycles. The lowest BCUT2D eigenvalue weighted by Gasteiger charge is -2.14. The molecule has 3 N–H and O–H groups in total. The number of H-pyrrole nitrogens is 1. The number of aromatic amines is 1. The number of fused-ring (bicyclic) bond motifs is 1. The first kappa shape index (κ1) is 19.4. The summed E-state index contributed by atoms with van der Waals surface area (Å²) in [5, 5.41) is 11.3. The van der Waals surface area contributed by atoms with Gasteiger partial charge in [-0.25, -0.2) is 4.98 Å². The van der Waals surface area contributed by atoms with E-state index in [-0.39, 0.29) is 5.41 Å². The molecular formula is C21H29N5S. The highest BCUT2D eigenvalue weighted by molar-refractivity contribution is 7.09. The average Bonchev–Trinajstić information content (AvgIpc) is 3.25. The fourth-order valence-corrected chi connectivity index (χ4v) is 4.04. The Morgan fingerprint density at radius 2 is 2.07 bits per heavy atom. The lowest BCUT2D eigenvalue weighted by Crippen LogP contribution is -2.37. The number of benzene rings is 1. The van der Waals surface area contributed by atoms with E-state index in [2.05, 4.69) is 78.1 Å². The predicted molar refractivity (Wildman–Crippen MR) is 116 cm³/mol. The van der Waals surface area contributed by atoms with Crippen molar-refractivity contribution in [1.29, 1.82) is 0 Å². The molecule has 0 fully saturated rings. The Hall–Kier alpha value is -2.34. The van der Waals surface area contributed by atoms with Gasteiger partial charge in [-0.3, -0.25) is 4.99 Å². The molecule has 3 rings (SSSR count). The maximum atomic E-state index is 4.72. The van der Waals surface area contributed by atoms with Gasteiger partial charge in [-0.1, -0.05) is 32.9 Å². The Morgan fingerprint density at radius 3 is 2.78 bits per heavy atom. The van der Waals surface area contributed by atoms with Crippen LogP contribution in [0.15, 0.2) is 34.8 Å². The molecule has 0 saturated carbocycles. The first-order valence-corrected chi connectivity index (χ1v) is 10.2. The number of aromatic nitrogens is 2. The van der Waals surface area contributed by atoms with Crippen LogP contribution in [0.2, 0.25) is 0 Å². The van der Waals surface area contributed by atoms with Crippen LogP contribution >= 0.6 is 11.3 Å². The molecule has 2 aromatic heterocycles. The van der Waals surface area contributed by atoms with Gasteiger partial charge in [-0.2, -0.15) is 0 Å². The number of hydrogen-bond acceptors (Lipinski definition) is 3. The molecule has 0 aliphatic rings. The maximum absolute atomic E-state index is 4.72. The largest absolute Gasteiger partial charge is 0.361 e. The molecule has 0 unspecified atom stereocenters. The van der Waals surface area contributed by atoms with E-state index in [9.17, 15) is 0 Å². The second kappa shape index (κ2) is 8.13. The first-order chi connectivity index (χ1) is 12.9. The molecule has 5 nitrogen and oxygen atoms in total. The fourth-order valence-electron chi connectivity index (χ4n) is 3.08. The molecule has 144 valence electrons. The van der Waals surface area contributed by atoms with Gasteiger partial charge in [-0.15, -0.1) is 11.3 Å². The summed E-state index contributed by atoms with van der Waals surface area (Å²) in [4.78, 5) is 12.4. The zero-order valence-corrected chi connectivity index (χ0v) is 17.6. The van der Waals surface area contributed by atoms with Crippen LogP contribution < -0.4 is 10.6 Å². The molecule has 0 amide bonds. The molecule has 0 spiro atoms. The molecule has 3 aromatic rings. The zero-order chi connectivity index (χ0) is 19.4. The van der Waals surface area contributed by atoms with Crippen LogP contribution in [0.1, 0.15) is 42.6 Å². The third-order valence-corrected chi connectivity index (χ3v) is 5.48. The number of thiazole rings is 1. The Balaban J connectivity index is 1.53. The van der Waals surface area contributed by atoms with E-state index >= 15 is 0 Å². The van der Waals surface area contributed by atoms with Gasteiger partial charge in [0.15, 0.2) is 5.96 Å². The average molecular weight is 384 g/mol. The van der Waals surface area contributed by atoms with Crippen LogP contribution in [0.4, 0.5) is 0 Å². The van der Waals surface area contributed by atoms with E-state index in [1.807, 2.05) is 0 Å². The number of aliphatic imine (C=N–C) groups is 1. The minimum absolute atomic E-state index is 0.0894. The van der Waals surface area contributed by atoms with Gasteiger partial charge in [-0.05, 0) is 30.5 Å². The summed E-state index contributed by atoms with van der Waals surface area (Å²) < 4.78 is 0. The minimum atomic E-state index is 0.0894. The van der Waals surface area contributed by atoms with Crippen molar-refractivity contribution in [2.24, 2.45) is 4.99 Å². The van der Waals surface area contributed by atoms with Crippen LogP contribution in [0.5, 0.6) is 0 Å². The van der Waals surface area contributed by atoms with Crippen LogP contribution in [0.25, 0.3) is 10.9 Å². The number of nitrogens with one attached hydrogen (secondary N) is 3. The molecule has 2 heterocycles. The van der Waals surface area contributed by atoms with Crippen molar-refractivity contribution in [2.75, 3.05) is 13.6 Å². The minimum Gasteiger partial charge on any atom is -0.361 e. The second-order valence-corrected chi connectivity index (χ2v) is 8.73. The quantitative estimate of drug-likeness (QED) is 0.458. The van der Waals surface area contributed by atoms with Gasteiger partial charge in [0, 0.05) is 41.5 Å². The van der Waals surface area contributed by atoms with Gasteiger partial charge in [0.2, 0.25) is 0 Å². The Morgan fingerprint density at radius 1 is 1.26 bits per heavy atom. The maximum Gasteiger partial charge on any atom is 0.191 e. The van der Waals surface area contributed by atoms with Crippen LogP contribution in [-0.4, -0.2) is 29.5 Å². The fraction of sp³-hybridized carbons (Fsp3) is 0.429. The Kier molecular flexibility index (Phi) is 5.85. The number of aryl methyl sites for hydroxylation is 1. The smallest absolute Gasteiger partial charge is 0.191 e. The van der Waals surface area contributed by atoms with E-state index in [1.54, 1.807) is 18.4 Å². The van der Waals surface area contributed by atoms with Gasteiger partial charge in [0.05, 0.1) is 12.2 Å². The monoisotopic (exact) mass is 383 g/mol. The Bertz CT molecular complexity index is 930. The zero-order valence-electron chi connectivity index (χ0n) is 16.8. The number of nitrogens with zero attached hydrogens (tertiary/aromatic N) is 2. The molecular weight excluding hydrogens is 354 g/mol. The van der Waals surface area contributed by atoms with Crippen molar-refractivity contribution in [2.45, 2.75) is 46.1 Å². The summed E-state index contributed by atoms with van der Waals surface area (Å²) in [6.45, 7) is 10.2. The topological polar surface area (TPSA) is 65.1 Å². The summed E-state index contributed by atoms with van der Waals surface area (Å²) >= 11 is 1.69. The Labute approximate surface area is 165 Å². The normalized spacial score (nSPS) is 12.6. The molecule has 0 aliphatic carbocycles. The first-order valence-electron chi connectivity index (χ1n) is 9.33. The highest BCUT2D eigenvalue weighted by atomic mass is 32.1. The van der Waals surface area contributed by atoms with Gasteiger partial charge >= 0.3 is 0 Å². The van der Waals surface area contributed by atoms with Gasteiger partial charge in [0.25, 0.3) is 0 Å². The molecule has 1 aromatic carbocycles. The lowest BCUT2D eigenvalue weighted by atomic mass is 9.93. The summed E-state index contributed by atoms with van der Waals surface area (Å²) in [6, 6.07) is 6.37. The summed E-state index contributed by atoms with van der Waals surface area (Å²) in [5.74, 6) is 0.805. The van der Waals surface area contributed by atoms with Crippen LogP contribution in [-0.2, 0) is 18.4 Å². The summed E-state index contributed by atoms with van der Waals surface area (Å²) in [7, 11) is 1.80. The summed E-state index contributed by atoms with van der Waals surface area (Å²) in [6.07, 6.45) is 3.05. The molecule has 0 radical (unpaired) electrons. The van der Waals surface area contributed by atoms with Gasteiger partial charge in [0.1, 0.15) is 5.01 Å². The van der Waals surface area contributed by atoms with E-state index < -0.39 is 0 Å². The van der Waals surface area contributed by atoms with E-state index in [0.717, 1.165) is 29.6 Å². The number of hydrogen-bond donors (Lipinski definition) is 3. The van der Waals surface area contributed by atoms with Crippen LogP contribution in [0.3, 0.4) is 0 Å². The van der Waals surface area contributed by atoms with Gasteiger partial charge < -0.3 is 15.6 Å². The van der Waals surface area contributed by atoms with Crippen molar-refractivity contribution in [1.82, 2.24) is 20.6 Å². The standard InChI is InChI=1S/C21H29N5S/c1-14-7-6-8-16-19(14)15(11-24-16)9-10-23-20(22-5)25-12-18-26-17(13-27-18)21(2,3)4/h6-8,11,13,24H,9-10,12H2,1-5H3,(H2,22,23,25).